The molecule has 0 N–H and O–H groups in total. The van der Waals surface area contributed by atoms with E-state index in [0.717, 1.165) is 30.1 Å². The van der Waals surface area contributed by atoms with Crippen molar-refractivity contribution in [3.05, 3.63) is 46.7 Å². The van der Waals surface area contributed by atoms with Gasteiger partial charge in [0, 0.05) is 25.3 Å². The van der Waals surface area contributed by atoms with Crippen LogP contribution >= 0.6 is 11.6 Å². The number of ether oxygens (including phenoxy) is 4. The Morgan fingerprint density at radius 3 is 2.78 bits per heavy atom. The molecule has 0 spiro atoms. The third-order valence-electron chi connectivity index (χ3n) is 4.50. The van der Waals surface area contributed by atoms with Crippen molar-refractivity contribution in [1.29, 1.82) is 0 Å². The molecule has 0 radical (unpaired) electrons. The van der Waals surface area contributed by atoms with Gasteiger partial charge in [-0.25, -0.2) is 0 Å². The highest BCUT2D eigenvalue weighted by atomic mass is 35.5. The third kappa shape index (κ3) is 5.03. The molecule has 1 fully saturated rings. The van der Waals surface area contributed by atoms with Crippen molar-refractivity contribution in [2.45, 2.75) is 19.6 Å². The number of halogens is 1. The number of aryl methyl sites for hydroxylation is 1. The molecule has 3 rings (SSSR count). The zero-order valence-corrected chi connectivity index (χ0v) is 16.7. The maximum Gasteiger partial charge on any atom is 0.179 e. The van der Waals surface area contributed by atoms with Crippen molar-refractivity contribution < 1.29 is 18.9 Å². The first-order valence-corrected chi connectivity index (χ1v) is 9.27. The second-order valence-corrected chi connectivity index (χ2v) is 6.83. The average Bonchev–Trinajstić information content (AvgIpc) is 2.69. The molecule has 0 amide bonds. The zero-order chi connectivity index (χ0) is 19.2. The summed E-state index contributed by atoms with van der Waals surface area (Å²) >= 11 is 6.51. The SMILES string of the molecule is COc1ccc(CN2CCOC(COc3ccc(C)nc3)C2)c(Cl)c1OC. The topological polar surface area (TPSA) is 53.1 Å². The standard InChI is InChI=1S/C20H25ClN2O4/c1-14-4-6-16(10-22-14)27-13-17-12-23(8-9-26-17)11-15-5-7-18(24-2)20(25-3)19(15)21/h4-7,10,17H,8-9,11-13H2,1-3H3. The fraction of sp³-hybridized carbons (Fsp3) is 0.450. The van der Waals surface area contributed by atoms with Gasteiger partial charge < -0.3 is 18.9 Å². The first kappa shape index (κ1) is 19.7. The minimum absolute atomic E-state index is 0.000951. The monoisotopic (exact) mass is 392 g/mol. The molecule has 2 heterocycles. The Morgan fingerprint density at radius 1 is 1.22 bits per heavy atom. The van der Waals surface area contributed by atoms with Gasteiger partial charge in [0.2, 0.25) is 0 Å². The van der Waals surface area contributed by atoms with Crippen molar-refractivity contribution in [3.63, 3.8) is 0 Å². The summed E-state index contributed by atoms with van der Waals surface area (Å²) in [5.74, 6) is 1.95. The normalized spacial score (nSPS) is 17.6. The summed E-state index contributed by atoms with van der Waals surface area (Å²) in [6.07, 6.45) is 1.73. The molecule has 1 atom stereocenters. The molecule has 0 aliphatic carbocycles. The smallest absolute Gasteiger partial charge is 0.179 e. The number of benzene rings is 1. The Kier molecular flexibility index (Phi) is 6.77. The molecule has 0 bridgehead atoms. The van der Waals surface area contributed by atoms with Gasteiger partial charge in [0.25, 0.3) is 0 Å². The maximum atomic E-state index is 6.51. The predicted octanol–water partition coefficient (Wildman–Crippen LogP) is 3.34. The van der Waals surface area contributed by atoms with Gasteiger partial charge >= 0.3 is 0 Å². The Balaban J connectivity index is 1.59. The largest absolute Gasteiger partial charge is 0.493 e. The van der Waals surface area contributed by atoms with E-state index in [-0.39, 0.29) is 6.10 Å². The lowest BCUT2D eigenvalue weighted by Gasteiger charge is -2.33. The molecule has 1 aliphatic heterocycles. The molecule has 146 valence electrons. The number of nitrogens with zero attached hydrogens (tertiary/aromatic N) is 2. The van der Waals surface area contributed by atoms with E-state index in [1.807, 2.05) is 31.2 Å². The van der Waals surface area contributed by atoms with E-state index < -0.39 is 0 Å². The second kappa shape index (κ2) is 9.26. The van der Waals surface area contributed by atoms with Gasteiger partial charge in [-0.1, -0.05) is 17.7 Å². The summed E-state index contributed by atoms with van der Waals surface area (Å²) in [4.78, 5) is 6.54. The lowest BCUT2D eigenvalue weighted by atomic mass is 10.1. The van der Waals surface area contributed by atoms with Gasteiger partial charge in [0.15, 0.2) is 11.5 Å². The van der Waals surface area contributed by atoms with Crippen LogP contribution in [0.5, 0.6) is 17.2 Å². The molecule has 6 nitrogen and oxygen atoms in total. The highest BCUT2D eigenvalue weighted by Crippen LogP contribution is 2.37. The van der Waals surface area contributed by atoms with Gasteiger partial charge in [0.05, 0.1) is 32.0 Å². The molecule has 0 saturated carbocycles. The van der Waals surface area contributed by atoms with Crippen molar-refractivity contribution in [2.75, 3.05) is 40.5 Å². The number of pyridine rings is 1. The quantitative estimate of drug-likeness (QED) is 0.720. The number of morpholine rings is 1. The van der Waals surface area contributed by atoms with Crippen LogP contribution in [0.4, 0.5) is 0 Å². The molecule has 7 heteroatoms. The van der Waals surface area contributed by atoms with E-state index in [0.29, 0.717) is 36.3 Å². The number of methoxy groups -OCH3 is 2. The van der Waals surface area contributed by atoms with E-state index in [1.165, 1.54) is 0 Å². The minimum atomic E-state index is -0.000951. The first-order chi connectivity index (χ1) is 13.1. The number of aromatic nitrogens is 1. The van der Waals surface area contributed by atoms with Crippen molar-refractivity contribution >= 4 is 11.6 Å². The van der Waals surface area contributed by atoms with Crippen molar-refractivity contribution in [1.82, 2.24) is 9.88 Å². The van der Waals surface area contributed by atoms with E-state index in [4.69, 9.17) is 30.5 Å². The van der Waals surface area contributed by atoms with E-state index >= 15 is 0 Å². The van der Waals surface area contributed by atoms with Crippen molar-refractivity contribution in [3.8, 4) is 17.2 Å². The Labute approximate surface area is 165 Å². The average molecular weight is 393 g/mol. The highest BCUT2D eigenvalue weighted by Gasteiger charge is 2.23. The molecular weight excluding hydrogens is 368 g/mol. The maximum absolute atomic E-state index is 6.51. The van der Waals surface area contributed by atoms with Gasteiger partial charge in [-0.3, -0.25) is 9.88 Å². The van der Waals surface area contributed by atoms with Crippen LogP contribution in [0.25, 0.3) is 0 Å². The highest BCUT2D eigenvalue weighted by molar-refractivity contribution is 6.33. The fourth-order valence-corrected chi connectivity index (χ4v) is 3.34. The minimum Gasteiger partial charge on any atom is -0.493 e. The van der Waals surface area contributed by atoms with Crippen LogP contribution in [0.3, 0.4) is 0 Å². The number of hydrogen-bond acceptors (Lipinski definition) is 6. The second-order valence-electron chi connectivity index (χ2n) is 6.45. The third-order valence-corrected chi connectivity index (χ3v) is 4.92. The molecule has 1 aliphatic rings. The van der Waals surface area contributed by atoms with Crippen molar-refractivity contribution in [2.24, 2.45) is 0 Å². The van der Waals surface area contributed by atoms with Crippen LogP contribution in [0, 0.1) is 6.92 Å². The lowest BCUT2D eigenvalue weighted by Crippen LogP contribution is -2.44. The van der Waals surface area contributed by atoms with Gasteiger partial charge in [-0.2, -0.15) is 0 Å². The summed E-state index contributed by atoms with van der Waals surface area (Å²) < 4.78 is 22.3. The van der Waals surface area contributed by atoms with E-state index in [1.54, 1.807) is 20.4 Å². The van der Waals surface area contributed by atoms with Crippen LogP contribution in [-0.4, -0.2) is 56.5 Å². The molecule has 1 unspecified atom stereocenters. The van der Waals surface area contributed by atoms with Crippen LogP contribution in [0.15, 0.2) is 30.5 Å². The lowest BCUT2D eigenvalue weighted by molar-refractivity contribution is -0.0504. The van der Waals surface area contributed by atoms with Crippen LogP contribution in [0.1, 0.15) is 11.3 Å². The van der Waals surface area contributed by atoms with Gasteiger partial charge in [0.1, 0.15) is 18.5 Å². The first-order valence-electron chi connectivity index (χ1n) is 8.89. The van der Waals surface area contributed by atoms with Gasteiger partial charge in [-0.05, 0) is 30.7 Å². The Bertz CT molecular complexity index is 754. The van der Waals surface area contributed by atoms with E-state index in [2.05, 4.69) is 9.88 Å². The summed E-state index contributed by atoms with van der Waals surface area (Å²) in [5.41, 5.74) is 1.97. The van der Waals surface area contributed by atoms with Crippen LogP contribution < -0.4 is 14.2 Å². The number of hydrogen-bond donors (Lipinski definition) is 0. The summed E-state index contributed by atoms with van der Waals surface area (Å²) in [7, 11) is 3.19. The Morgan fingerprint density at radius 2 is 2.07 bits per heavy atom. The molecule has 27 heavy (non-hydrogen) atoms. The summed E-state index contributed by atoms with van der Waals surface area (Å²) in [5, 5.41) is 0.585. The predicted molar refractivity (Wildman–Crippen MR) is 104 cm³/mol. The number of rotatable bonds is 7. The molecule has 1 aromatic carbocycles. The van der Waals surface area contributed by atoms with Gasteiger partial charge in [-0.15, -0.1) is 0 Å². The molecule has 2 aromatic rings. The van der Waals surface area contributed by atoms with Crippen LogP contribution in [0.2, 0.25) is 5.02 Å². The fourth-order valence-electron chi connectivity index (χ4n) is 3.05. The Hall–Kier alpha value is -2.02. The molecule has 1 aromatic heterocycles. The van der Waals surface area contributed by atoms with E-state index in [9.17, 15) is 0 Å². The molecular formula is C20H25ClN2O4. The van der Waals surface area contributed by atoms with Crippen LogP contribution in [-0.2, 0) is 11.3 Å². The molecule has 1 saturated heterocycles. The zero-order valence-electron chi connectivity index (χ0n) is 15.9. The summed E-state index contributed by atoms with van der Waals surface area (Å²) in [6, 6.07) is 7.71. The summed E-state index contributed by atoms with van der Waals surface area (Å²) in [6.45, 7) is 5.42.